The first-order valence-electron chi connectivity index (χ1n) is 5.83. The first-order valence-corrected chi connectivity index (χ1v) is 5.83. The summed E-state index contributed by atoms with van der Waals surface area (Å²) in [5.41, 5.74) is 0. The van der Waals surface area contributed by atoms with E-state index in [1.807, 2.05) is 20.8 Å². The van der Waals surface area contributed by atoms with Gasteiger partial charge in [-0.3, -0.25) is 9.59 Å². The summed E-state index contributed by atoms with van der Waals surface area (Å²) in [6.45, 7) is 7.83. The molecular formula is C12H22O4. The van der Waals surface area contributed by atoms with Crippen LogP contribution >= 0.6 is 0 Å². The highest BCUT2D eigenvalue weighted by Crippen LogP contribution is 2.21. The van der Waals surface area contributed by atoms with Gasteiger partial charge in [0.1, 0.15) is 0 Å². The number of esters is 1. The van der Waals surface area contributed by atoms with E-state index in [9.17, 15) is 9.59 Å². The Labute approximate surface area is 97.0 Å². The number of hydrogen-bond acceptors (Lipinski definition) is 3. The van der Waals surface area contributed by atoms with Crippen LogP contribution in [0.2, 0.25) is 0 Å². The van der Waals surface area contributed by atoms with Crippen LogP contribution in [0.25, 0.3) is 0 Å². The topological polar surface area (TPSA) is 63.6 Å². The molecule has 0 radical (unpaired) electrons. The van der Waals surface area contributed by atoms with Crippen LogP contribution in [0.3, 0.4) is 0 Å². The standard InChI is InChI=1S/C12H22O4/c1-5-9(11(13)14)10(6-2)12(15)16-7-8(3)4/h8-10H,5-7H2,1-4H3,(H,13,14)/t9-,10+/m0/s1. The molecule has 0 fully saturated rings. The average Bonchev–Trinajstić information content (AvgIpc) is 2.21. The van der Waals surface area contributed by atoms with Crippen molar-refractivity contribution in [3.63, 3.8) is 0 Å². The van der Waals surface area contributed by atoms with Crippen molar-refractivity contribution in [1.29, 1.82) is 0 Å². The fraction of sp³-hybridized carbons (Fsp3) is 0.833. The highest BCUT2D eigenvalue weighted by Gasteiger charge is 2.32. The lowest BCUT2D eigenvalue weighted by Crippen LogP contribution is -2.31. The van der Waals surface area contributed by atoms with E-state index < -0.39 is 17.8 Å². The molecule has 4 nitrogen and oxygen atoms in total. The maximum absolute atomic E-state index is 11.7. The number of carboxylic acid groups (broad SMARTS) is 1. The fourth-order valence-electron chi connectivity index (χ4n) is 1.60. The molecule has 0 heterocycles. The summed E-state index contributed by atoms with van der Waals surface area (Å²) in [7, 11) is 0. The molecule has 4 heteroatoms. The number of aliphatic carboxylic acids is 1. The molecule has 0 aromatic rings. The van der Waals surface area contributed by atoms with Crippen molar-refractivity contribution in [2.24, 2.45) is 17.8 Å². The lowest BCUT2D eigenvalue weighted by molar-refractivity contribution is -0.158. The van der Waals surface area contributed by atoms with Gasteiger partial charge in [-0.2, -0.15) is 0 Å². The van der Waals surface area contributed by atoms with Gasteiger partial charge in [0.15, 0.2) is 0 Å². The van der Waals surface area contributed by atoms with E-state index in [1.54, 1.807) is 6.92 Å². The Morgan fingerprint density at radius 2 is 1.62 bits per heavy atom. The van der Waals surface area contributed by atoms with Crippen LogP contribution in [-0.2, 0) is 14.3 Å². The zero-order valence-electron chi connectivity index (χ0n) is 10.5. The summed E-state index contributed by atoms with van der Waals surface area (Å²) in [6, 6.07) is 0. The van der Waals surface area contributed by atoms with E-state index in [-0.39, 0.29) is 11.9 Å². The van der Waals surface area contributed by atoms with Crippen molar-refractivity contribution in [3.05, 3.63) is 0 Å². The van der Waals surface area contributed by atoms with Crippen LogP contribution in [0, 0.1) is 17.8 Å². The van der Waals surface area contributed by atoms with E-state index in [1.165, 1.54) is 0 Å². The van der Waals surface area contributed by atoms with Gasteiger partial charge in [0, 0.05) is 0 Å². The summed E-state index contributed by atoms with van der Waals surface area (Å²) < 4.78 is 5.09. The lowest BCUT2D eigenvalue weighted by Gasteiger charge is -2.20. The summed E-state index contributed by atoms with van der Waals surface area (Å²) in [5.74, 6) is -2.20. The Balaban J connectivity index is 4.46. The molecule has 0 aromatic carbocycles. The molecular weight excluding hydrogens is 208 g/mol. The van der Waals surface area contributed by atoms with Crippen molar-refractivity contribution < 1.29 is 19.4 Å². The molecule has 94 valence electrons. The largest absolute Gasteiger partial charge is 0.481 e. The van der Waals surface area contributed by atoms with Crippen molar-refractivity contribution in [3.8, 4) is 0 Å². The zero-order chi connectivity index (χ0) is 12.7. The van der Waals surface area contributed by atoms with Crippen LogP contribution in [0.1, 0.15) is 40.5 Å². The van der Waals surface area contributed by atoms with Gasteiger partial charge in [-0.15, -0.1) is 0 Å². The van der Waals surface area contributed by atoms with E-state index in [0.717, 1.165) is 0 Å². The molecule has 0 unspecified atom stereocenters. The highest BCUT2D eigenvalue weighted by molar-refractivity contribution is 5.81. The van der Waals surface area contributed by atoms with E-state index in [2.05, 4.69) is 0 Å². The lowest BCUT2D eigenvalue weighted by atomic mass is 9.88. The Kier molecular flexibility index (Phi) is 6.77. The molecule has 0 saturated heterocycles. The Bertz CT molecular complexity index is 235. The third-order valence-corrected chi connectivity index (χ3v) is 2.54. The Hall–Kier alpha value is -1.06. The van der Waals surface area contributed by atoms with Crippen LogP contribution in [0.4, 0.5) is 0 Å². The van der Waals surface area contributed by atoms with Crippen molar-refractivity contribution in [2.75, 3.05) is 6.61 Å². The predicted molar refractivity (Wildman–Crippen MR) is 61.0 cm³/mol. The maximum Gasteiger partial charge on any atom is 0.309 e. The number of ether oxygens (including phenoxy) is 1. The molecule has 0 aromatic heterocycles. The summed E-state index contributed by atoms with van der Waals surface area (Å²) in [6.07, 6.45) is 0.951. The molecule has 1 N–H and O–H groups in total. The quantitative estimate of drug-likeness (QED) is 0.682. The number of carboxylic acids is 1. The molecule has 0 aliphatic heterocycles. The minimum Gasteiger partial charge on any atom is -0.481 e. The van der Waals surface area contributed by atoms with Crippen LogP contribution in [0.5, 0.6) is 0 Å². The Morgan fingerprint density at radius 1 is 1.12 bits per heavy atom. The number of carbonyl (C=O) groups is 2. The van der Waals surface area contributed by atoms with Gasteiger partial charge < -0.3 is 9.84 Å². The smallest absolute Gasteiger partial charge is 0.309 e. The SMILES string of the molecule is CC[C@H](C(=O)O)[C@@H](CC)C(=O)OCC(C)C. The van der Waals surface area contributed by atoms with Crippen LogP contribution in [-0.4, -0.2) is 23.7 Å². The Morgan fingerprint density at radius 3 is 1.94 bits per heavy atom. The molecule has 0 aliphatic rings. The van der Waals surface area contributed by atoms with Gasteiger partial charge in [0.05, 0.1) is 18.4 Å². The summed E-state index contributed by atoms with van der Waals surface area (Å²) in [4.78, 5) is 22.7. The third kappa shape index (κ3) is 4.64. The first kappa shape index (κ1) is 14.9. The molecule has 0 saturated carbocycles. The first-order chi connectivity index (χ1) is 7.43. The van der Waals surface area contributed by atoms with Crippen molar-refractivity contribution in [1.82, 2.24) is 0 Å². The highest BCUT2D eigenvalue weighted by atomic mass is 16.5. The van der Waals surface area contributed by atoms with Gasteiger partial charge in [0.2, 0.25) is 0 Å². The van der Waals surface area contributed by atoms with Crippen molar-refractivity contribution >= 4 is 11.9 Å². The second kappa shape index (κ2) is 7.25. The van der Waals surface area contributed by atoms with Crippen molar-refractivity contribution in [2.45, 2.75) is 40.5 Å². The monoisotopic (exact) mass is 230 g/mol. The minimum atomic E-state index is -0.921. The fourth-order valence-corrected chi connectivity index (χ4v) is 1.60. The molecule has 0 aliphatic carbocycles. The second-order valence-corrected chi connectivity index (χ2v) is 4.39. The van der Waals surface area contributed by atoms with Gasteiger partial charge >= 0.3 is 11.9 Å². The van der Waals surface area contributed by atoms with Gasteiger partial charge in [0.25, 0.3) is 0 Å². The zero-order valence-corrected chi connectivity index (χ0v) is 10.5. The summed E-state index contributed by atoms with van der Waals surface area (Å²) >= 11 is 0. The summed E-state index contributed by atoms with van der Waals surface area (Å²) in [5, 5.41) is 8.99. The second-order valence-electron chi connectivity index (χ2n) is 4.39. The van der Waals surface area contributed by atoms with E-state index in [0.29, 0.717) is 19.4 Å². The van der Waals surface area contributed by atoms with Crippen LogP contribution < -0.4 is 0 Å². The number of carbonyl (C=O) groups excluding carboxylic acids is 1. The molecule has 2 atom stereocenters. The average molecular weight is 230 g/mol. The van der Waals surface area contributed by atoms with Gasteiger partial charge in [-0.1, -0.05) is 27.7 Å². The third-order valence-electron chi connectivity index (χ3n) is 2.54. The molecule has 0 spiro atoms. The molecule has 16 heavy (non-hydrogen) atoms. The van der Waals surface area contributed by atoms with E-state index in [4.69, 9.17) is 9.84 Å². The predicted octanol–water partition coefficient (Wildman–Crippen LogP) is 2.32. The maximum atomic E-state index is 11.7. The molecule has 0 bridgehead atoms. The van der Waals surface area contributed by atoms with Gasteiger partial charge in [-0.05, 0) is 18.8 Å². The van der Waals surface area contributed by atoms with E-state index >= 15 is 0 Å². The number of hydrogen-bond donors (Lipinski definition) is 1. The molecule has 0 rings (SSSR count). The normalized spacial score (nSPS) is 14.6. The minimum absolute atomic E-state index is 0.270. The van der Waals surface area contributed by atoms with Gasteiger partial charge in [-0.25, -0.2) is 0 Å². The molecule has 0 amide bonds. The number of rotatable bonds is 7. The van der Waals surface area contributed by atoms with Crippen LogP contribution in [0.15, 0.2) is 0 Å².